The lowest BCUT2D eigenvalue weighted by Gasteiger charge is -2.63. The van der Waals surface area contributed by atoms with Crippen molar-refractivity contribution in [3.8, 4) is 0 Å². The number of hydrogen-bond donors (Lipinski definition) is 2. The largest absolute Gasteiger partial charge is 0.441 e. The minimum Gasteiger partial charge on any atom is -0.441 e. The van der Waals surface area contributed by atoms with E-state index in [2.05, 4.69) is 12.6 Å². The molecule has 3 saturated carbocycles. The first kappa shape index (κ1) is 29.7. The Labute approximate surface area is 238 Å². The highest BCUT2D eigenvalue weighted by molar-refractivity contribution is 7.80. The minimum absolute atomic E-state index is 0.0399. The van der Waals surface area contributed by atoms with Crippen molar-refractivity contribution in [1.29, 1.82) is 0 Å². The number of aliphatic hydroxyl groups excluding tert-OH is 1. The van der Waals surface area contributed by atoms with Gasteiger partial charge in [-0.3, -0.25) is 9.59 Å². The molecule has 5 aliphatic rings. The maximum absolute atomic E-state index is 17.5. The summed E-state index contributed by atoms with van der Waals surface area (Å²) in [7, 11) is 1.54. The Bertz CT molecular complexity index is 1150. The van der Waals surface area contributed by atoms with E-state index in [0.717, 1.165) is 12.5 Å². The number of hydrogen-bond acceptors (Lipinski definition) is 8. The molecule has 4 aliphatic carbocycles. The third-order valence-electron chi connectivity index (χ3n) is 10.4. The lowest BCUT2D eigenvalue weighted by molar-refractivity contribution is -0.234. The van der Waals surface area contributed by atoms with Gasteiger partial charge in [-0.2, -0.15) is 12.6 Å². The zero-order valence-corrected chi connectivity index (χ0v) is 24.3. The van der Waals surface area contributed by atoms with Gasteiger partial charge in [0.05, 0.1) is 12.2 Å². The van der Waals surface area contributed by atoms with Crippen LogP contribution in [0, 0.1) is 22.7 Å². The van der Waals surface area contributed by atoms with Crippen LogP contribution in [0.1, 0.15) is 52.9 Å². The number of carbonyl (C=O) groups excluding carboxylic acids is 3. The molecule has 0 radical (unpaired) electrons. The molecule has 0 aromatic carbocycles. The van der Waals surface area contributed by atoms with Gasteiger partial charge in [-0.1, -0.05) is 26.3 Å². The number of ether oxygens (including phenoxy) is 3. The first-order valence-electron chi connectivity index (χ1n) is 14.1. The summed E-state index contributed by atoms with van der Waals surface area (Å²) in [5.74, 6) is -2.07. The number of rotatable bonds is 7. The summed E-state index contributed by atoms with van der Waals surface area (Å²) < 4.78 is 51.3. The van der Waals surface area contributed by atoms with E-state index < -0.39 is 82.9 Å². The van der Waals surface area contributed by atoms with Crippen LogP contribution in [0.15, 0.2) is 23.8 Å². The molecule has 10 atom stereocenters. The monoisotopic (exact) mass is 583 g/mol. The van der Waals surface area contributed by atoms with Crippen LogP contribution < -0.4 is 0 Å². The second-order valence-corrected chi connectivity index (χ2v) is 12.9. The van der Waals surface area contributed by atoms with Crippen molar-refractivity contribution in [2.24, 2.45) is 22.7 Å². The van der Waals surface area contributed by atoms with Gasteiger partial charge in [0.1, 0.15) is 6.17 Å². The number of ketones is 2. The number of fused-ring (bicyclic) bond motifs is 7. The molecule has 1 amide bonds. The second kappa shape index (κ2) is 10.2. The summed E-state index contributed by atoms with van der Waals surface area (Å²) in [6.45, 7) is 5.02. The minimum atomic E-state index is -2.28. The van der Waals surface area contributed by atoms with Crippen LogP contribution in [-0.4, -0.2) is 89.6 Å². The maximum Gasteiger partial charge on any atom is 0.409 e. The van der Waals surface area contributed by atoms with E-state index in [1.807, 2.05) is 6.92 Å². The molecule has 0 bridgehead atoms. The van der Waals surface area contributed by atoms with Crippen LogP contribution in [0.3, 0.4) is 0 Å². The van der Waals surface area contributed by atoms with E-state index >= 15 is 8.78 Å². The SMILES string of the molecule is CCCC1O[C@@H]2CC3[C@@H]4C[C@H](F)C5=CC(=O)C=C[C@]5(C)[C@@]4(F)[C@@H](O)C[C@]3(C)[C@]2(C(=O)COC(=O)N(C)CCS)O1. The topological polar surface area (TPSA) is 102 Å². The Morgan fingerprint density at radius 2 is 2.00 bits per heavy atom. The Kier molecular flexibility index (Phi) is 7.54. The van der Waals surface area contributed by atoms with Gasteiger partial charge in [0, 0.05) is 36.1 Å². The number of halogens is 2. The van der Waals surface area contributed by atoms with Crippen LogP contribution in [0.4, 0.5) is 13.6 Å². The van der Waals surface area contributed by atoms with Crippen molar-refractivity contribution in [2.45, 2.75) is 88.8 Å². The van der Waals surface area contributed by atoms with E-state index in [0.29, 0.717) is 18.7 Å². The molecule has 4 fully saturated rings. The Hall–Kier alpha value is -1.82. The molecular weight excluding hydrogens is 544 g/mol. The second-order valence-electron chi connectivity index (χ2n) is 12.4. The van der Waals surface area contributed by atoms with Crippen LogP contribution in [0.2, 0.25) is 0 Å². The zero-order valence-electron chi connectivity index (χ0n) is 23.4. The Morgan fingerprint density at radius 3 is 2.67 bits per heavy atom. The van der Waals surface area contributed by atoms with Crippen LogP contribution in [0.25, 0.3) is 0 Å². The molecule has 1 aliphatic heterocycles. The number of allylic oxidation sites excluding steroid dienone is 4. The average Bonchev–Trinajstić information content (AvgIpc) is 3.38. The van der Waals surface area contributed by atoms with Gasteiger partial charge in [0.25, 0.3) is 0 Å². The number of Topliss-reactive ketones (excluding diaryl/α,β-unsaturated/α-hetero) is 1. The number of alkyl halides is 2. The number of aliphatic hydroxyl groups is 1. The smallest absolute Gasteiger partial charge is 0.409 e. The summed E-state index contributed by atoms with van der Waals surface area (Å²) in [6.07, 6.45) is -0.475. The zero-order chi connectivity index (χ0) is 29.3. The summed E-state index contributed by atoms with van der Waals surface area (Å²) in [6, 6.07) is 0. The fraction of sp³-hybridized carbons (Fsp3) is 0.759. The molecule has 11 heteroatoms. The molecule has 0 spiro atoms. The number of carbonyl (C=O) groups is 3. The van der Waals surface area contributed by atoms with E-state index in [1.54, 1.807) is 6.92 Å². The summed E-state index contributed by atoms with van der Waals surface area (Å²) in [5.41, 5.74) is -6.51. The van der Waals surface area contributed by atoms with E-state index in [4.69, 9.17) is 14.2 Å². The van der Waals surface area contributed by atoms with Crippen molar-refractivity contribution < 1.29 is 42.5 Å². The fourth-order valence-corrected chi connectivity index (χ4v) is 8.77. The Morgan fingerprint density at radius 1 is 1.27 bits per heavy atom. The molecule has 0 aromatic heterocycles. The predicted molar refractivity (Wildman–Crippen MR) is 144 cm³/mol. The summed E-state index contributed by atoms with van der Waals surface area (Å²) in [5, 5.41) is 11.6. The normalized spacial score (nSPS) is 45.2. The van der Waals surface area contributed by atoms with Crippen molar-refractivity contribution in [3.63, 3.8) is 0 Å². The molecule has 40 heavy (non-hydrogen) atoms. The van der Waals surface area contributed by atoms with Gasteiger partial charge in [0.15, 0.2) is 29.9 Å². The molecular formula is C29H39F2NO7S. The highest BCUT2D eigenvalue weighted by Gasteiger charge is 2.80. The lowest BCUT2D eigenvalue weighted by atomic mass is 9.44. The standard InChI is InChI=1S/C29H39F2NO7S/c1-5-6-24-38-23-13-17-18-12-20(30)19-11-16(33)7-8-26(19,2)28(18,31)21(34)14-27(17,3)29(23,39-24)22(35)15-37-25(36)32(4)9-10-40/h7-8,11,17-18,20-21,23-24,34,40H,5-6,9-10,12-15H2,1-4H3/t17?,18-,20-,21-,23+,24?,26-,27-,28-,29+/m0/s1. The molecule has 1 heterocycles. The van der Waals surface area contributed by atoms with Gasteiger partial charge in [-0.05, 0) is 56.3 Å². The molecule has 5 rings (SSSR count). The summed E-state index contributed by atoms with van der Waals surface area (Å²) >= 11 is 4.11. The molecule has 8 nitrogen and oxygen atoms in total. The van der Waals surface area contributed by atoms with Gasteiger partial charge < -0.3 is 24.2 Å². The van der Waals surface area contributed by atoms with E-state index in [9.17, 15) is 19.5 Å². The first-order chi connectivity index (χ1) is 18.8. The molecule has 1 N–H and O–H groups in total. The van der Waals surface area contributed by atoms with Crippen molar-refractivity contribution in [2.75, 3.05) is 26.0 Å². The van der Waals surface area contributed by atoms with E-state index in [1.165, 1.54) is 31.0 Å². The highest BCUT2D eigenvalue weighted by Crippen LogP contribution is 2.72. The Balaban J connectivity index is 1.52. The molecule has 1 saturated heterocycles. The molecule has 0 aromatic rings. The maximum atomic E-state index is 17.5. The average molecular weight is 584 g/mol. The van der Waals surface area contributed by atoms with Gasteiger partial charge in [-0.25, -0.2) is 13.6 Å². The van der Waals surface area contributed by atoms with Gasteiger partial charge in [-0.15, -0.1) is 0 Å². The predicted octanol–water partition coefficient (Wildman–Crippen LogP) is 3.76. The lowest BCUT2D eigenvalue weighted by Crippen LogP contribution is -2.71. The third-order valence-corrected chi connectivity index (χ3v) is 10.6. The van der Waals surface area contributed by atoms with E-state index in [-0.39, 0.29) is 24.8 Å². The highest BCUT2D eigenvalue weighted by atomic mass is 32.1. The molecule has 222 valence electrons. The number of amides is 1. The summed E-state index contributed by atoms with van der Waals surface area (Å²) in [4.78, 5) is 39.9. The van der Waals surface area contributed by atoms with Crippen LogP contribution >= 0.6 is 12.6 Å². The van der Waals surface area contributed by atoms with Crippen LogP contribution in [0.5, 0.6) is 0 Å². The first-order valence-corrected chi connectivity index (χ1v) is 14.7. The number of thiol groups is 1. The number of nitrogens with zero attached hydrogens (tertiary/aromatic N) is 1. The van der Waals surface area contributed by atoms with Crippen LogP contribution in [-0.2, 0) is 23.8 Å². The van der Waals surface area contributed by atoms with Crippen molar-refractivity contribution >= 4 is 30.3 Å². The van der Waals surface area contributed by atoms with Crippen molar-refractivity contribution in [1.82, 2.24) is 4.90 Å². The third kappa shape index (κ3) is 3.90. The fourth-order valence-electron chi connectivity index (χ4n) is 8.47. The van der Waals surface area contributed by atoms with Gasteiger partial charge >= 0.3 is 6.09 Å². The van der Waals surface area contributed by atoms with Gasteiger partial charge in [0.2, 0.25) is 5.78 Å². The quantitative estimate of drug-likeness (QED) is 0.440. The molecule has 2 unspecified atom stereocenters. The van der Waals surface area contributed by atoms with Crippen molar-refractivity contribution in [3.05, 3.63) is 23.8 Å².